The van der Waals surface area contributed by atoms with Gasteiger partial charge in [-0.2, -0.15) is 0 Å². The zero-order valence-corrected chi connectivity index (χ0v) is 20.7. The number of carbonyl (C=O) groups excluding carboxylic acids is 1. The highest BCUT2D eigenvalue weighted by molar-refractivity contribution is 7.80. The molecule has 0 saturated carbocycles. The highest BCUT2D eigenvalue weighted by Gasteiger charge is 2.11. The lowest BCUT2D eigenvalue weighted by Crippen LogP contribution is -2.39. The molecule has 0 radical (unpaired) electrons. The maximum Gasteiger partial charge on any atom is 0.258 e. The molecule has 0 saturated heterocycles. The van der Waals surface area contributed by atoms with Gasteiger partial charge in [-0.05, 0) is 36.8 Å². The number of amides is 1. The van der Waals surface area contributed by atoms with Gasteiger partial charge in [0.25, 0.3) is 5.91 Å². The van der Waals surface area contributed by atoms with Gasteiger partial charge in [0, 0.05) is 11.6 Å². The van der Waals surface area contributed by atoms with E-state index in [1.54, 1.807) is 18.2 Å². The van der Waals surface area contributed by atoms with Gasteiger partial charge in [-0.25, -0.2) is 0 Å². The Labute approximate surface area is 198 Å². The molecule has 30 heavy (non-hydrogen) atoms. The van der Waals surface area contributed by atoms with E-state index in [1.165, 1.54) is 83.5 Å². The van der Waals surface area contributed by atoms with Crippen molar-refractivity contribution in [2.75, 3.05) is 6.54 Å². The molecule has 0 aliphatic heterocycles. The first-order chi connectivity index (χ1) is 14.5. The molecule has 6 heteroatoms. The van der Waals surface area contributed by atoms with Crippen LogP contribution in [0.4, 0.5) is 0 Å². The van der Waals surface area contributed by atoms with Gasteiger partial charge in [0.15, 0.2) is 5.11 Å². The molecule has 0 unspecified atom stereocenters. The number of rotatable bonds is 16. The Morgan fingerprint density at radius 2 is 1.33 bits per heavy atom. The average molecular weight is 474 g/mol. The van der Waals surface area contributed by atoms with Crippen LogP contribution < -0.4 is 10.6 Å². The molecule has 0 heterocycles. The molecular weight excluding hydrogens is 435 g/mol. The topological polar surface area (TPSA) is 41.1 Å². The molecule has 170 valence electrons. The number of carbonyl (C=O) groups is 1. The second kappa shape index (κ2) is 17.8. The van der Waals surface area contributed by atoms with Crippen molar-refractivity contribution >= 4 is 46.4 Å². The molecule has 0 fully saturated rings. The fourth-order valence-corrected chi connectivity index (χ4v) is 4.10. The van der Waals surface area contributed by atoms with Crippen LogP contribution >= 0.6 is 35.4 Å². The van der Waals surface area contributed by atoms with Gasteiger partial charge >= 0.3 is 0 Å². The minimum absolute atomic E-state index is 0.315. The van der Waals surface area contributed by atoms with Crippen molar-refractivity contribution in [2.24, 2.45) is 0 Å². The fourth-order valence-electron chi connectivity index (χ4n) is 3.41. The van der Waals surface area contributed by atoms with E-state index in [1.807, 2.05) is 0 Å². The quantitative estimate of drug-likeness (QED) is 0.188. The first-order valence-corrected chi connectivity index (χ1v) is 12.7. The molecule has 0 spiro atoms. The van der Waals surface area contributed by atoms with Crippen LogP contribution in [0.15, 0.2) is 18.2 Å². The van der Waals surface area contributed by atoms with Gasteiger partial charge in [0.2, 0.25) is 0 Å². The Morgan fingerprint density at radius 3 is 1.83 bits per heavy atom. The Balaban J connectivity index is 1.93. The molecule has 0 aromatic heterocycles. The van der Waals surface area contributed by atoms with Gasteiger partial charge in [0.1, 0.15) is 0 Å². The van der Waals surface area contributed by atoms with Crippen molar-refractivity contribution in [3.63, 3.8) is 0 Å². The highest BCUT2D eigenvalue weighted by Crippen LogP contribution is 2.20. The fraction of sp³-hybridized carbons (Fsp3) is 0.667. The van der Waals surface area contributed by atoms with Crippen molar-refractivity contribution < 1.29 is 4.79 Å². The summed E-state index contributed by atoms with van der Waals surface area (Å²) >= 11 is 17.1. The predicted molar refractivity (Wildman–Crippen MR) is 135 cm³/mol. The maximum absolute atomic E-state index is 12.2. The maximum atomic E-state index is 12.2. The number of hydrogen-bond donors (Lipinski definition) is 2. The first-order valence-electron chi connectivity index (χ1n) is 11.6. The van der Waals surface area contributed by atoms with E-state index in [0.717, 1.165) is 13.0 Å². The SMILES string of the molecule is CCCCCCCCCCCCCCCCNC(=S)NC(=O)c1ccc(Cl)cc1Cl. The van der Waals surface area contributed by atoms with Crippen molar-refractivity contribution in [1.29, 1.82) is 0 Å². The molecule has 2 N–H and O–H groups in total. The van der Waals surface area contributed by atoms with Gasteiger partial charge in [-0.1, -0.05) is 114 Å². The van der Waals surface area contributed by atoms with E-state index in [4.69, 9.17) is 35.4 Å². The predicted octanol–water partition coefficient (Wildman–Crippen LogP) is 8.08. The molecule has 3 nitrogen and oxygen atoms in total. The smallest absolute Gasteiger partial charge is 0.258 e. The van der Waals surface area contributed by atoms with Crippen LogP contribution in [0.25, 0.3) is 0 Å². The number of unbranched alkanes of at least 4 members (excludes halogenated alkanes) is 13. The average Bonchev–Trinajstić information content (AvgIpc) is 2.70. The number of thiocarbonyl (C=S) groups is 1. The molecule has 1 aromatic rings. The lowest BCUT2D eigenvalue weighted by molar-refractivity contribution is 0.0977. The summed E-state index contributed by atoms with van der Waals surface area (Å²) in [5.41, 5.74) is 0.363. The van der Waals surface area contributed by atoms with Crippen LogP contribution in [-0.4, -0.2) is 17.6 Å². The van der Waals surface area contributed by atoms with Gasteiger partial charge in [0.05, 0.1) is 10.6 Å². The Hall–Kier alpha value is -0.840. The Bertz CT molecular complexity index is 625. The zero-order chi connectivity index (χ0) is 22.0. The van der Waals surface area contributed by atoms with Crippen molar-refractivity contribution in [3.05, 3.63) is 33.8 Å². The third kappa shape index (κ3) is 13.5. The molecule has 0 atom stereocenters. The van der Waals surface area contributed by atoms with Crippen molar-refractivity contribution in [2.45, 2.75) is 96.8 Å². The summed E-state index contributed by atoms with van der Waals surface area (Å²) in [7, 11) is 0. The summed E-state index contributed by atoms with van der Waals surface area (Å²) in [6.45, 7) is 3.04. The minimum Gasteiger partial charge on any atom is -0.362 e. The first kappa shape index (κ1) is 27.2. The van der Waals surface area contributed by atoms with E-state index in [9.17, 15) is 4.79 Å². The summed E-state index contributed by atoms with van der Waals surface area (Å²) in [5, 5.41) is 6.89. The van der Waals surface area contributed by atoms with Crippen molar-refractivity contribution in [3.8, 4) is 0 Å². The Morgan fingerprint density at radius 1 is 0.833 bits per heavy atom. The van der Waals surface area contributed by atoms with Crippen LogP contribution in [0.2, 0.25) is 10.0 Å². The van der Waals surface area contributed by atoms with Crippen molar-refractivity contribution in [1.82, 2.24) is 10.6 Å². The Kier molecular flexibility index (Phi) is 16.1. The largest absolute Gasteiger partial charge is 0.362 e. The molecule has 1 rings (SSSR count). The van der Waals surface area contributed by atoms with Crippen LogP contribution in [0, 0.1) is 0 Å². The molecule has 0 aliphatic rings. The summed E-state index contributed by atoms with van der Waals surface area (Å²) in [4.78, 5) is 12.2. The number of nitrogens with one attached hydrogen (secondary N) is 2. The lowest BCUT2D eigenvalue weighted by Gasteiger charge is -2.10. The van der Waals surface area contributed by atoms with E-state index in [2.05, 4.69) is 17.6 Å². The molecular formula is C24H38Cl2N2OS. The van der Waals surface area contributed by atoms with Gasteiger partial charge in [-0.15, -0.1) is 0 Å². The van der Waals surface area contributed by atoms with Crippen LogP contribution in [0.3, 0.4) is 0 Å². The second-order valence-corrected chi connectivity index (χ2v) is 9.18. The third-order valence-electron chi connectivity index (χ3n) is 5.22. The van der Waals surface area contributed by atoms with E-state index < -0.39 is 0 Å². The summed E-state index contributed by atoms with van der Waals surface area (Å²) in [6, 6.07) is 4.77. The number of halogens is 2. The van der Waals surface area contributed by atoms with Gasteiger partial charge < -0.3 is 5.32 Å². The van der Waals surface area contributed by atoms with Gasteiger partial charge in [-0.3, -0.25) is 10.1 Å². The molecule has 0 aliphatic carbocycles. The number of benzene rings is 1. The molecule has 0 bridgehead atoms. The van der Waals surface area contributed by atoms with E-state index in [-0.39, 0.29) is 5.91 Å². The minimum atomic E-state index is -0.324. The van der Waals surface area contributed by atoms with E-state index >= 15 is 0 Å². The molecule has 1 amide bonds. The van der Waals surface area contributed by atoms with Crippen LogP contribution in [0.5, 0.6) is 0 Å². The highest BCUT2D eigenvalue weighted by atomic mass is 35.5. The van der Waals surface area contributed by atoms with Crippen LogP contribution in [0.1, 0.15) is 107 Å². The monoisotopic (exact) mass is 472 g/mol. The van der Waals surface area contributed by atoms with Crippen LogP contribution in [-0.2, 0) is 0 Å². The lowest BCUT2D eigenvalue weighted by atomic mass is 10.0. The summed E-state index contributed by atoms with van der Waals surface area (Å²) in [5.74, 6) is -0.324. The number of hydrogen-bond acceptors (Lipinski definition) is 2. The summed E-state index contributed by atoms with van der Waals surface area (Å²) in [6.07, 6.45) is 18.7. The zero-order valence-electron chi connectivity index (χ0n) is 18.4. The molecule has 1 aromatic carbocycles. The summed E-state index contributed by atoms with van der Waals surface area (Å²) < 4.78 is 0. The van der Waals surface area contributed by atoms with E-state index in [0.29, 0.717) is 20.7 Å². The normalized spacial score (nSPS) is 10.8. The second-order valence-electron chi connectivity index (χ2n) is 7.93. The third-order valence-corrected chi connectivity index (χ3v) is 6.01. The standard InChI is InChI=1S/C24H38Cl2N2OS/c1-2-3-4-5-6-7-8-9-10-11-12-13-14-15-18-27-24(30)28-23(29)21-17-16-20(25)19-22(21)26/h16-17,19H,2-15,18H2,1H3,(H2,27,28,29,30).